The number of amides is 1. The van der Waals surface area contributed by atoms with Gasteiger partial charge in [0.1, 0.15) is 0 Å². The summed E-state index contributed by atoms with van der Waals surface area (Å²) in [4.78, 5) is 11.9. The minimum Gasteiger partial charge on any atom is -0.444 e. The standard InChI is InChI=1S/C15H15BrN2O2S/c1-2-11(10-6-4-3-5-7-10)17-15(21)18-14(19)12-8-9-13(16)20-12/h3-9,11H,2H2,1H3,(H2,17,18,19,21). The number of rotatable bonds is 4. The van der Waals surface area contributed by atoms with Gasteiger partial charge in [0.05, 0.1) is 6.04 Å². The summed E-state index contributed by atoms with van der Waals surface area (Å²) in [6.45, 7) is 2.05. The van der Waals surface area contributed by atoms with E-state index < -0.39 is 0 Å². The fourth-order valence-electron chi connectivity index (χ4n) is 1.90. The van der Waals surface area contributed by atoms with E-state index in [0.29, 0.717) is 4.67 Å². The van der Waals surface area contributed by atoms with Gasteiger partial charge < -0.3 is 9.73 Å². The van der Waals surface area contributed by atoms with E-state index in [-0.39, 0.29) is 22.8 Å². The SMILES string of the molecule is CCC(NC(=S)NC(=O)c1ccc(Br)o1)c1ccccc1. The molecule has 1 aromatic heterocycles. The molecule has 6 heteroatoms. The van der Waals surface area contributed by atoms with Crippen LogP contribution in [0.25, 0.3) is 0 Å². The summed E-state index contributed by atoms with van der Waals surface area (Å²) in [6, 6.07) is 13.3. The van der Waals surface area contributed by atoms with Gasteiger partial charge >= 0.3 is 0 Å². The van der Waals surface area contributed by atoms with E-state index in [9.17, 15) is 4.79 Å². The van der Waals surface area contributed by atoms with Crippen LogP contribution in [0, 0.1) is 0 Å². The molecule has 2 rings (SSSR count). The third-order valence-corrected chi connectivity index (χ3v) is 3.59. The molecule has 0 spiro atoms. The second kappa shape index (κ2) is 7.38. The monoisotopic (exact) mass is 366 g/mol. The molecule has 0 fully saturated rings. The number of hydrogen-bond donors (Lipinski definition) is 2. The average Bonchev–Trinajstić information content (AvgIpc) is 2.92. The molecule has 0 saturated heterocycles. The number of carbonyl (C=O) groups is 1. The van der Waals surface area contributed by atoms with Crippen LogP contribution in [0.3, 0.4) is 0 Å². The Kier molecular flexibility index (Phi) is 5.52. The Labute approximate surface area is 137 Å². The fraction of sp³-hybridized carbons (Fsp3) is 0.200. The van der Waals surface area contributed by atoms with E-state index in [1.807, 2.05) is 30.3 Å². The van der Waals surface area contributed by atoms with Crippen LogP contribution < -0.4 is 10.6 Å². The number of thiocarbonyl (C=S) groups is 1. The van der Waals surface area contributed by atoms with Crippen molar-refractivity contribution in [1.29, 1.82) is 0 Å². The Hall–Kier alpha value is -1.66. The van der Waals surface area contributed by atoms with Crippen LogP contribution in [0.1, 0.15) is 35.5 Å². The molecule has 21 heavy (non-hydrogen) atoms. The van der Waals surface area contributed by atoms with Crippen molar-refractivity contribution >= 4 is 39.2 Å². The summed E-state index contributed by atoms with van der Waals surface area (Å²) in [7, 11) is 0. The van der Waals surface area contributed by atoms with Crippen molar-refractivity contribution in [2.75, 3.05) is 0 Å². The maximum Gasteiger partial charge on any atom is 0.293 e. The molecule has 2 N–H and O–H groups in total. The van der Waals surface area contributed by atoms with E-state index in [1.165, 1.54) is 0 Å². The molecule has 4 nitrogen and oxygen atoms in total. The minimum absolute atomic E-state index is 0.0577. The van der Waals surface area contributed by atoms with E-state index in [4.69, 9.17) is 16.6 Å². The summed E-state index contributed by atoms with van der Waals surface area (Å²) in [5.74, 6) is -0.167. The van der Waals surface area contributed by atoms with Crippen LogP contribution in [-0.4, -0.2) is 11.0 Å². The second-order valence-corrected chi connectivity index (χ2v) is 5.59. The van der Waals surface area contributed by atoms with Crippen LogP contribution in [0.4, 0.5) is 0 Å². The zero-order chi connectivity index (χ0) is 15.2. The minimum atomic E-state index is -0.374. The van der Waals surface area contributed by atoms with Crippen molar-refractivity contribution in [3.8, 4) is 0 Å². The predicted octanol–water partition coefficient (Wildman–Crippen LogP) is 3.80. The van der Waals surface area contributed by atoms with E-state index >= 15 is 0 Å². The summed E-state index contributed by atoms with van der Waals surface area (Å²) in [5.41, 5.74) is 1.12. The van der Waals surface area contributed by atoms with Gasteiger partial charge in [0.15, 0.2) is 15.5 Å². The lowest BCUT2D eigenvalue weighted by Crippen LogP contribution is -2.40. The average molecular weight is 367 g/mol. The zero-order valence-corrected chi connectivity index (χ0v) is 13.8. The number of furan rings is 1. The fourth-order valence-corrected chi connectivity index (χ4v) is 2.44. The van der Waals surface area contributed by atoms with E-state index in [2.05, 4.69) is 33.5 Å². The molecule has 1 heterocycles. The van der Waals surface area contributed by atoms with Crippen LogP contribution in [-0.2, 0) is 0 Å². The lowest BCUT2D eigenvalue weighted by molar-refractivity contribution is 0.0948. The van der Waals surface area contributed by atoms with E-state index in [0.717, 1.165) is 12.0 Å². The van der Waals surface area contributed by atoms with Gasteiger partial charge in [-0.2, -0.15) is 0 Å². The number of nitrogens with one attached hydrogen (secondary N) is 2. The second-order valence-electron chi connectivity index (χ2n) is 4.40. The predicted molar refractivity (Wildman–Crippen MR) is 89.1 cm³/mol. The highest BCUT2D eigenvalue weighted by molar-refractivity contribution is 9.10. The van der Waals surface area contributed by atoms with Gasteiger partial charge in [0.2, 0.25) is 0 Å². The van der Waals surface area contributed by atoms with Crippen molar-refractivity contribution in [2.45, 2.75) is 19.4 Å². The topological polar surface area (TPSA) is 54.3 Å². The van der Waals surface area contributed by atoms with E-state index in [1.54, 1.807) is 12.1 Å². The molecule has 0 aliphatic rings. The third kappa shape index (κ3) is 4.41. The van der Waals surface area contributed by atoms with Gasteiger partial charge in [-0.3, -0.25) is 10.1 Å². The normalized spacial score (nSPS) is 11.7. The molecule has 110 valence electrons. The molecule has 1 unspecified atom stereocenters. The maximum atomic E-state index is 11.9. The maximum absolute atomic E-state index is 11.9. The number of benzene rings is 1. The third-order valence-electron chi connectivity index (χ3n) is 2.94. The molecule has 0 radical (unpaired) electrons. The summed E-state index contributed by atoms with van der Waals surface area (Å²) in [6.07, 6.45) is 0.853. The zero-order valence-electron chi connectivity index (χ0n) is 11.4. The van der Waals surface area contributed by atoms with Crippen molar-refractivity contribution in [2.24, 2.45) is 0 Å². The highest BCUT2D eigenvalue weighted by Gasteiger charge is 2.15. The Morgan fingerprint density at radius 2 is 2.00 bits per heavy atom. The molecular weight excluding hydrogens is 352 g/mol. The molecule has 1 amide bonds. The summed E-state index contributed by atoms with van der Waals surface area (Å²) in [5, 5.41) is 6.03. The van der Waals surface area contributed by atoms with Gasteiger partial charge in [-0.1, -0.05) is 37.3 Å². The first kappa shape index (κ1) is 15.7. The molecule has 0 saturated carbocycles. The molecule has 0 aliphatic carbocycles. The molecule has 0 aliphatic heterocycles. The quantitative estimate of drug-likeness (QED) is 0.808. The number of hydrogen-bond acceptors (Lipinski definition) is 3. The van der Waals surface area contributed by atoms with Gasteiger partial charge in [0.25, 0.3) is 5.91 Å². The van der Waals surface area contributed by atoms with Crippen LogP contribution in [0.2, 0.25) is 0 Å². The van der Waals surface area contributed by atoms with Crippen molar-refractivity contribution in [1.82, 2.24) is 10.6 Å². The molecule has 2 aromatic rings. The lowest BCUT2D eigenvalue weighted by atomic mass is 10.1. The van der Waals surface area contributed by atoms with Crippen LogP contribution in [0.15, 0.2) is 51.6 Å². The van der Waals surface area contributed by atoms with Gasteiger partial charge in [-0.15, -0.1) is 0 Å². The first-order valence-electron chi connectivity index (χ1n) is 6.52. The lowest BCUT2D eigenvalue weighted by Gasteiger charge is -2.19. The highest BCUT2D eigenvalue weighted by Crippen LogP contribution is 2.16. The molecule has 1 atom stereocenters. The van der Waals surface area contributed by atoms with Crippen LogP contribution >= 0.6 is 28.1 Å². The molecule has 0 bridgehead atoms. The van der Waals surface area contributed by atoms with Gasteiger partial charge in [-0.25, -0.2) is 0 Å². The van der Waals surface area contributed by atoms with Gasteiger partial charge in [0, 0.05) is 0 Å². The first-order chi connectivity index (χ1) is 10.1. The van der Waals surface area contributed by atoms with Crippen molar-refractivity contribution < 1.29 is 9.21 Å². The smallest absolute Gasteiger partial charge is 0.293 e. The van der Waals surface area contributed by atoms with Gasteiger partial charge in [-0.05, 0) is 52.3 Å². The summed E-state index contributed by atoms with van der Waals surface area (Å²) >= 11 is 8.34. The first-order valence-corrected chi connectivity index (χ1v) is 7.72. The molecular formula is C15H15BrN2O2S. The van der Waals surface area contributed by atoms with Crippen molar-refractivity contribution in [3.63, 3.8) is 0 Å². The Bertz CT molecular complexity index is 628. The van der Waals surface area contributed by atoms with Crippen molar-refractivity contribution in [3.05, 3.63) is 58.5 Å². The highest BCUT2D eigenvalue weighted by atomic mass is 79.9. The Morgan fingerprint density at radius 3 is 2.57 bits per heavy atom. The Balaban J connectivity index is 1.96. The molecule has 1 aromatic carbocycles. The number of carbonyl (C=O) groups excluding carboxylic acids is 1. The largest absolute Gasteiger partial charge is 0.444 e. The summed E-state index contributed by atoms with van der Waals surface area (Å²) < 4.78 is 5.68. The number of halogens is 1. The Morgan fingerprint density at radius 1 is 1.29 bits per heavy atom. The van der Waals surface area contributed by atoms with Crippen LogP contribution in [0.5, 0.6) is 0 Å².